The molecule has 2 spiro atoms. The number of ether oxygens (including phenoxy) is 6. The smallest absolute Gasteiger partial charge is 0.264 e. The Morgan fingerprint density at radius 2 is 1.07 bits per heavy atom. The molecule has 2 amide bonds. The van der Waals surface area contributed by atoms with Gasteiger partial charge in [-0.25, -0.2) is 26.3 Å². The van der Waals surface area contributed by atoms with Gasteiger partial charge in [0.1, 0.15) is 17.6 Å². The lowest BCUT2D eigenvalue weighted by atomic mass is 9.64. The molecule has 2 saturated carbocycles. The fourth-order valence-electron chi connectivity index (χ4n) is 18.2. The van der Waals surface area contributed by atoms with E-state index < -0.39 is 60.2 Å². The van der Waals surface area contributed by atoms with Crippen molar-refractivity contribution < 1.29 is 54.8 Å². The van der Waals surface area contributed by atoms with Gasteiger partial charge in [0, 0.05) is 75.6 Å². The first-order valence-electron chi connectivity index (χ1n) is 35.0. The van der Waals surface area contributed by atoms with Crippen LogP contribution in [-0.4, -0.2) is 136 Å². The van der Waals surface area contributed by atoms with Crippen molar-refractivity contribution in [2.75, 3.05) is 83.1 Å². The summed E-state index contributed by atoms with van der Waals surface area (Å²) in [6.45, 7) is 11.9. The highest BCUT2D eigenvalue weighted by Crippen LogP contribution is 2.54. The molecule has 4 aromatic carbocycles. The van der Waals surface area contributed by atoms with Crippen LogP contribution in [0.1, 0.15) is 172 Å². The number of fused-ring (bicyclic) bond motifs is 8. The molecule has 17 nitrogen and oxygen atoms in total. The summed E-state index contributed by atoms with van der Waals surface area (Å²) >= 11 is 13.4. The molecule has 21 heteroatoms. The predicted molar refractivity (Wildman–Crippen MR) is 364 cm³/mol. The van der Waals surface area contributed by atoms with Crippen LogP contribution in [0.5, 0.6) is 11.5 Å². The molecule has 14 atom stereocenters. The Labute approximate surface area is 566 Å². The van der Waals surface area contributed by atoms with Crippen molar-refractivity contribution in [1.82, 2.24) is 14.3 Å². The van der Waals surface area contributed by atoms with Crippen molar-refractivity contribution in [2.45, 2.75) is 176 Å². The fraction of sp³-hybridized carbons (Fsp3) is 0.644. The molecule has 4 bridgehead atoms. The molecule has 2 N–H and O–H groups in total. The van der Waals surface area contributed by atoms with Crippen LogP contribution in [-0.2, 0) is 62.7 Å². The Morgan fingerprint density at radius 3 is 1.63 bits per heavy atom. The monoisotopic (exact) mass is 1370 g/mol. The van der Waals surface area contributed by atoms with E-state index in [9.17, 15) is 21.6 Å². The maximum absolute atomic E-state index is 15.1. The van der Waals surface area contributed by atoms with Gasteiger partial charge >= 0.3 is 0 Å². The Bertz CT molecular complexity index is 3760. The molecule has 4 fully saturated rings. The zero-order valence-electron chi connectivity index (χ0n) is 55.4. The third kappa shape index (κ3) is 12.8. The zero-order chi connectivity index (χ0) is 65.6. The number of nitrogens with zero attached hydrogens (tertiary/aromatic N) is 3. The van der Waals surface area contributed by atoms with Gasteiger partial charge in [-0.1, -0.05) is 62.0 Å². The van der Waals surface area contributed by atoms with Gasteiger partial charge in [-0.2, -0.15) is 0 Å². The summed E-state index contributed by atoms with van der Waals surface area (Å²) in [6, 6.07) is 21.6. The predicted octanol–water partition coefficient (Wildman–Crippen LogP) is 12.2. The zero-order valence-corrected chi connectivity index (χ0v) is 58.6. The highest BCUT2D eigenvalue weighted by molar-refractivity contribution is 7.91. The molecule has 10 aliphatic rings. The van der Waals surface area contributed by atoms with Gasteiger partial charge in [0.2, 0.25) is 20.0 Å². The first-order chi connectivity index (χ1) is 45.1. The first-order valence-corrected chi connectivity index (χ1v) is 38.8. The number of aryl methyl sites for hydroxylation is 2. The van der Waals surface area contributed by atoms with Crippen molar-refractivity contribution >= 4 is 66.4 Å². The van der Waals surface area contributed by atoms with E-state index in [-0.39, 0.29) is 82.8 Å². The number of carbonyl (C=O) groups is 2. The lowest BCUT2D eigenvalue weighted by Gasteiger charge is -2.49. The molecule has 6 heterocycles. The van der Waals surface area contributed by atoms with Gasteiger partial charge in [0.15, 0.2) is 12.6 Å². The molecule has 0 aromatic heterocycles. The molecule has 14 rings (SSSR count). The highest BCUT2D eigenvalue weighted by atomic mass is 35.5. The van der Waals surface area contributed by atoms with Gasteiger partial charge in [-0.3, -0.25) is 9.59 Å². The number of nitrogens with one attached hydrogen (secondary N) is 2. The summed E-state index contributed by atoms with van der Waals surface area (Å²) in [5.41, 5.74) is 6.56. The number of amides is 2. The van der Waals surface area contributed by atoms with Gasteiger partial charge in [0.25, 0.3) is 11.8 Å². The first kappa shape index (κ1) is 66.5. The number of likely N-dealkylation sites (N-methyl/N-ethyl adjacent to an activating group) is 1. The minimum atomic E-state index is -4.17. The Kier molecular flexibility index (Phi) is 18.8. The van der Waals surface area contributed by atoms with Crippen molar-refractivity contribution in [3.05, 3.63) is 116 Å². The average Bonchev–Trinajstić information content (AvgIpc) is 1.50. The minimum Gasteiger partial charge on any atom is -0.490 e. The van der Waals surface area contributed by atoms with Crippen LogP contribution in [0.3, 0.4) is 0 Å². The summed E-state index contributed by atoms with van der Waals surface area (Å²) < 4.78 is 105. The Balaban J connectivity index is 0.836. The van der Waals surface area contributed by atoms with Crippen molar-refractivity contribution in [2.24, 2.45) is 47.3 Å². The number of benzene rings is 4. The summed E-state index contributed by atoms with van der Waals surface area (Å²) in [4.78, 5) is 36.2. The van der Waals surface area contributed by atoms with E-state index in [0.717, 1.165) is 88.4 Å². The van der Waals surface area contributed by atoms with E-state index in [0.29, 0.717) is 105 Å². The van der Waals surface area contributed by atoms with Gasteiger partial charge in [-0.15, -0.1) is 0 Å². The molecule has 4 aliphatic carbocycles. The molecule has 510 valence electrons. The maximum Gasteiger partial charge on any atom is 0.264 e. The molecular weight excluding hydrogens is 1270 g/mol. The highest BCUT2D eigenvalue weighted by Gasteiger charge is 2.51. The van der Waals surface area contributed by atoms with Crippen LogP contribution in [0.4, 0.5) is 11.4 Å². The maximum atomic E-state index is 15.1. The quantitative estimate of drug-likeness (QED) is 0.196. The Hall–Kier alpha value is -4.70. The van der Waals surface area contributed by atoms with Crippen LogP contribution < -0.4 is 28.7 Å². The van der Waals surface area contributed by atoms with Crippen LogP contribution in [0.15, 0.2) is 66.7 Å². The van der Waals surface area contributed by atoms with E-state index in [1.807, 2.05) is 44.2 Å². The summed E-state index contributed by atoms with van der Waals surface area (Å²) in [5, 5.41) is -0.336. The standard InChI is InChI=1S/C73H95Cl2N5O12S2/c1-43-11-7-15-58(70-87-36-55(37-88-70)78(5)6)56-22-17-51(56)35-80-40-73(28-10-14-48-30-54(75)21-25-62(48)73)42-91-67-60(31-52(33-64(67)80)69(82)77-94(85,86)46(43)4)66-38-89-71(92-66)59-16-8-12-44(2)45(3)93(83,84)76-68(81)49-19-26-65-63(32-49)79(34-50-18-23-57(50)59)39-72(41-90-65)27-9-13-47-29-53(74)20-24-61(47)72/h19-21,24-26,29-33,43-46,50-51,55-59,66,70-71H,7-18,22-23,27-28,34-42H2,1-6H3,(H,76,81)(H,77,82)/t43-,44-,45+,46+,50-,51-,55-,56+,57+,58-,59-,66?,70+,71?,72-,73-/m0/s1. The van der Waals surface area contributed by atoms with Crippen molar-refractivity contribution in [3.8, 4) is 11.5 Å². The van der Waals surface area contributed by atoms with Gasteiger partial charge < -0.3 is 43.1 Å². The minimum absolute atomic E-state index is 0.0927. The van der Waals surface area contributed by atoms with E-state index in [1.165, 1.54) is 22.3 Å². The lowest BCUT2D eigenvalue weighted by molar-refractivity contribution is -0.240. The molecule has 4 aromatic rings. The summed E-state index contributed by atoms with van der Waals surface area (Å²) in [7, 11) is -4.16. The lowest BCUT2D eigenvalue weighted by Crippen LogP contribution is -2.52. The van der Waals surface area contributed by atoms with Crippen LogP contribution in [0, 0.1) is 47.3 Å². The van der Waals surface area contributed by atoms with E-state index in [4.69, 9.17) is 51.6 Å². The number of halogens is 2. The average molecular weight is 1370 g/mol. The number of hydrogen-bond acceptors (Lipinski definition) is 15. The second kappa shape index (κ2) is 26.5. The number of sulfonamides is 2. The SMILES string of the molecule is C[C@@H]1[C@@H](C)CCC[C@H](C2OCC(c3cc4cc5c3OC[C@]3(CCCc6cc(Cl)ccc63)CN5C[C@@H]3CC[C@H]3[C@@H]([C@H]3OC[C@@H](N(C)C)CO3)CCC[C@H](C)[C@@H](C)S(=O)(=O)NC4=O)O2)[C@@H]2CC[C@H]2CN2C[C@@]3(CCCc4cc(Cl)ccc43)COc3ccc(cc32)C(=O)NS1(=O)=O. The third-order valence-electron chi connectivity index (χ3n) is 24.5. The largest absolute Gasteiger partial charge is 0.490 e. The van der Waals surface area contributed by atoms with Crippen LogP contribution >= 0.6 is 23.2 Å². The second-order valence-corrected chi connectivity index (χ2v) is 35.2. The van der Waals surface area contributed by atoms with E-state index in [2.05, 4.69) is 62.5 Å². The number of rotatable bonds is 4. The van der Waals surface area contributed by atoms with Crippen LogP contribution in [0.2, 0.25) is 10.0 Å². The molecule has 2 unspecified atom stereocenters. The number of anilines is 2. The molecule has 94 heavy (non-hydrogen) atoms. The fourth-order valence-corrected chi connectivity index (χ4v) is 21.2. The Morgan fingerprint density at radius 1 is 0.553 bits per heavy atom. The van der Waals surface area contributed by atoms with Crippen molar-refractivity contribution in [3.63, 3.8) is 0 Å². The number of hydrogen-bond donors (Lipinski definition) is 2. The summed E-state index contributed by atoms with van der Waals surface area (Å²) in [5.74, 6) is 0.170. The molecule has 6 aliphatic heterocycles. The number of carbonyl (C=O) groups excluding carboxylic acids is 2. The second-order valence-electron chi connectivity index (χ2n) is 30.3. The normalized spacial score (nSPS) is 35.9. The molecule has 2 saturated heterocycles. The molecule has 0 radical (unpaired) electrons. The van der Waals surface area contributed by atoms with E-state index >= 15 is 4.79 Å². The van der Waals surface area contributed by atoms with E-state index in [1.54, 1.807) is 26.0 Å². The van der Waals surface area contributed by atoms with Gasteiger partial charge in [0.05, 0.1) is 61.0 Å². The van der Waals surface area contributed by atoms with Crippen molar-refractivity contribution in [1.29, 1.82) is 0 Å². The third-order valence-corrected chi connectivity index (χ3v) is 28.8. The van der Waals surface area contributed by atoms with Gasteiger partial charge in [-0.05, 0) is 230 Å². The summed E-state index contributed by atoms with van der Waals surface area (Å²) in [6.07, 6.45) is 11.8. The molecular formula is C73H95Cl2N5O12S2. The van der Waals surface area contributed by atoms with Crippen LogP contribution in [0.25, 0.3) is 0 Å². The topological polar surface area (TPSA) is 192 Å².